The molecule has 0 bridgehead atoms. The zero-order valence-electron chi connectivity index (χ0n) is 17.1. The molecule has 0 N–H and O–H groups in total. The molecule has 2 amide bonds. The predicted molar refractivity (Wildman–Crippen MR) is 107 cm³/mol. The molecule has 27 heavy (non-hydrogen) atoms. The Balaban J connectivity index is 2.36. The lowest BCUT2D eigenvalue weighted by Gasteiger charge is -2.37. The van der Waals surface area contributed by atoms with E-state index in [1.54, 1.807) is 4.90 Å². The van der Waals surface area contributed by atoms with E-state index in [4.69, 9.17) is 4.74 Å². The van der Waals surface area contributed by atoms with Gasteiger partial charge in [0.2, 0.25) is 0 Å². The van der Waals surface area contributed by atoms with Gasteiger partial charge in [0.05, 0.1) is 13.2 Å². The van der Waals surface area contributed by atoms with Crippen molar-refractivity contribution in [3.63, 3.8) is 0 Å². The average molecular weight is 373 g/mol. The van der Waals surface area contributed by atoms with Crippen molar-refractivity contribution in [2.24, 2.45) is 11.8 Å². The zero-order chi connectivity index (χ0) is 20.0. The summed E-state index contributed by atoms with van der Waals surface area (Å²) in [6, 6.07) is 9.27. The van der Waals surface area contributed by atoms with Gasteiger partial charge in [0, 0.05) is 13.1 Å². The standard InChI is InChI=1S/C22H32N2O3/c1-16(2)14-20(21(25)27-5)23-13-9-12-19(17(3)4)24(22(23)26)15-18-10-7-6-8-11-18/h6-12,16-17,19-20H,13-15H2,1-5H3/t19-,20+/m1/s1. The Labute approximate surface area is 163 Å². The van der Waals surface area contributed by atoms with Gasteiger partial charge in [-0.1, -0.05) is 70.2 Å². The molecule has 148 valence electrons. The van der Waals surface area contributed by atoms with E-state index in [1.165, 1.54) is 7.11 Å². The van der Waals surface area contributed by atoms with Gasteiger partial charge in [-0.3, -0.25) is 0 Å². The lowest BCUT2D eigenvalue weighted by molar-refractivity contribution is -0.146. The molecular weight excluding hydrogens is 340 g/mol. The second kappa shape index (κ2) is 9.58. The number of nitrogens with zero attached hydrogens (tertiary/aromatic N) is 2. The topological polar surface area (TPSA) is 49.9 Å². The highest BCUT2D eigenvalue weighted by molar-refractivity contribution is 5.84. The van der Waals surface area contributed by atoms with Gasteiger partial charge in [-0.25, -0.2) is 9.59 Å². The summed E-state index contributed by atoms with van der Waals surface area (Å²) in [7, 11) is 1.38. The summed E-state index contributed by atoms with van der Waals surface area (Å²) in [6.45, 7) is 9.25. The van der Waals surface area contributed by atoms with E-state index in [0.29, 0.717) is 19.5 Å². The van der Waals surface area contributed by atoms with Crippen LogP contribution in [0.15, 0.2) is 42.5 Å². The molecular formula is C22H32N2O3. The summed E-state index contributed by atoms with van der Waals surface area (Å²) in [4.78, 5) is 29.5. The van der Waals surface area contributed by atoms with Crippen molar-refractivity contribution < 1.29 is 14.3 Å². The summed E-state index contributed by atoms with van der Waals surface area (Å²) in [6.07, 6.45) is 4.68. The number of ether oxygens (including phenoxy) is 1. The number of amides is 2. The second-order valence-corrected chi connectivity index (χ2v) is 7.88. The van der Waals surface area contributed by atoms with Crippen LogP contribution in [0.5, 0.6) is 0 Å². The third-order valence-corrected chi connectivity index (χ3v) is 4.91. The first kappa shape index (κ1) is 21.0. The van der Waals surface area contributed by atoms with Crippen molar-refractivity contribution in [3.05, 3.63) is 48.0 Å². The summed E-state index contributed by atoms with van der Waals surface area (Å²) in [5, 5.41) is 0. The molecule has 0 fully saturated rings. The second-order valence-electron chi connectivity index (χ2n) is 7.88. The molecule has 5 heteroatoms. The summed E-state index contributed by atoms with van der Waals surface area (Å²) >= 11 is 0. The highest BCUT2D eigenvalue weighted by Gasteiger charge is 2.37. The van der Waals surface area contributed by atoms with Crippen LogP contribution in [0.2, 0.25) is 0 Å². The Hall–Kier alpha value is -2.30. The van der Waals surface area contributed by atoms with Crippen LogP contribution < -0.4 is 0 Å². The molecule has 0 spiro atoms. The maximum atomic E-state index is 13.5. The number of carbonyl (C=O) groups excluding carboxylic acids is 2. The molecule has 1 aliphatic heterocycles. The molecule has 5 nitrogen and oxygen atoms in total. The van der Waals surface area contributed by atoms with Crippen molar-refractivity contribution in [3.8, 4) is 0 Å². The maximum Gasteiger partial charge on any atom is 0.328 e. The first-order valence-electron chi connectivity index (χ1n) is 9.70. The first-order valence-corrected chi connectivity index (χ1v) is 9.70. The molecule has 1 heterocycles. The third kappa shape index (κ3) is 5.34. The zero-order valence-corrected chi connectivity index (χ0v) is 17.1. The monoisotopic (exact) mass is 372 g/mol. The van der Waals surface area contributed by atoms with Crippen molar-refractivity contribution in [2.45, 2.75) is 52.7 Å². The minimum atomic E-state index is -0.573. The molecule has 1 aliphatic rings. The van der Waals surface area contributed by atoms with Gasteiger partial charge < -0.3 is 14.5 Å². The van der Waals surface area contributed by atoms with E-state index in [2.05, 4.69) is 19.9 Å². The number of rotatable bonds is 7. The van der Waals surface area contributed by atoms with E-state index in [0.717, 1.165) is 5.56 Å². The molecule has 0 aliphatic carbocycles. The van der Waals surface area contributed by atoms with Crippen molar-refractivity contribution in [2.75, 3.05) is 13.7 Å². The van der Waals surface area contributed by atoms with E-state index >= 15 is 0 Å². The molecule has 1 aromatic rings. The Morgan fingerprint density at radius 2 is 1.85 bits per heavy atom. The van der Waals surface area contributed by atoms with Gasteiger partial charge in [-0.05, 0) is 23.8 Å². The number of carbonyl (C=O) groups is 2. The minimum Gasteiger partial charge on any atom is -0.467 e. The highest BCUT2D eigenvalue weighted by atomic mass is 16.5. The molecule has 2 rings (SSSR count). The van der Waals surface area contributed by atoms with Crippen LogP contribution in [-0.2, 0) is 16.1 Å². The van der Waals surface area contributed by atoms with E-state index in [-0.39, 0.29) is 29.9 Å². The SMILES string of the molecule is COC(=O)[C@H](CC(C)C)N1CC=C[C@H](C(C)C)N(Cc2ccccc2)C1=O. The van der Waals surface area contributed by atoms with Gasteiger partial charge in [-0.2, -0.15) is 0 Å². The van der Waals surface area contributed by atoms with Gasteiger partial charge in [-0.15, -0.1) is 0 Å². The van der Waals surface area contributed by atoms with Crippen LogP contribution in [0.4, 0.5) is 4.79 Å². The summed E-state index contributed by atoms with van der Waals surface area (Å²) in [5.41, 5.74) is 1.07. The molecule has 2 atom stereocenters. The molecule has 0 saturated carbocycles. The Morgan fingerprint density at radius 1 is 1.19 bits per heavy atom. The molecule has 0 aromatic heterocycles. The number of benzene rings is 1. The normalized spacial score (nSPS) is 18.8. The summed E-state index contributed by atoms with van der Waals surface area (Å²) in [5.74, 6) is 0.196. The van der Waals surface area contributed by atoms with Crippen LogP contribution in [0.1, 0.15) is 39.7 Å². The Bertz CT molecular complexity index is 655. The number of methoxy groups -OCH3 is 1. The van der Waals surface area contributed by atoms with Gasteiger partial charge in [0.25, 0.3) is 0 Å². The smallest absolute Gasteiger partial charge is 0.328 e. The lowest BCUT2D eigenvalue weighted by Crippen LogP contribution is -2.53. The lowest BCUT2D eigenvalue weighted by atomic mass is 10.0. The molecule has 0 unspecified atom stereocenters. The van der Waals surface area contributed by atoms with Crippen molar-refractivity contribution in [1.82, 2.24) is 9.80 Å². The molecule has 0 radical (unpaired) electrons. The van der Waals surface area contributed by atoms with Gasteiger partial charge in [0.1, 0.15) is 6.04 Å². The summed E-state index contributed by atoms with van der Waals surface area (Å²) < 4.78 is 5.01. The van der Waals surface area contributed by atoms with E-state index in [9.17, 15) is 9.59 Å². The van der Waals surface area contributed by atoms with Crippen molar-refractivity contribution in [1.29, 1.82) is 0 Å². The van der Waals surface area contributed by atoms with E-state index < -0.39 is 6.04 Å². The fraction of sp³-hybridized carbons (Fsp3) is 0.545. The fourth-order valence-corrected chi connectivity index (χ4v) is 3.52. The van der Waals surface area contributed by atoms with Crippen LogP contribution >= 0.6 is 0 Å². The Morgan fingerprint density at radius 3 is 2.41 bits per heavy atom. The number of hydrogen-bond acceptors (Lipinski definition) is 3. The molecule has 0 saturated heterocycles. The van der Waals surface area contributed by atoms with Crippen LogP contribution in [0, 0.1) is 11.8 Å². The fourth-order valence-electron chi connectivity index (χ4n) is 3.52. The number of urea groups is 1. The van der Waals surface area contributed by atoms with Gasteiger partial charge in [0.15, 0.2) is 0 Å². The minimum absolute atomic E-state index is 0.0138. The number of esters is 1. The quantitative estimate of drug-likeness (QED) is 0.535. The van der Waals surface area contributed by atoms with Crippen LogP contribution in [-0.4, -0.2) is 47.5 Å². The molecule has 1 aromatic carbocycles. The average Bonchev–Trinajstić information content (AvgIpc) is 2.79. The van der Waals surface area contributed by atoms with Crippen LogP contribution in [0.25, 0.3) is 0 Å². The van der Waals surface area contributed by atoms with Crippen LogP contribution in [0.3, 0.4) is 0 Å². The van der Waals surface area contributed by atoms with Crippen molar-refractivity contribution >= 4 is 12.0 Å². The Kier molecular flexibility index (Phi) is 7.45. The predicted octanol–water partition coefficient (Wildman–Crippen LogP) is 4.09. The highest BCUT2D eigenvalue weighted by Crippen LogP contribution is 2.24. The third-order valence-electron chi connectivity index (χ3n) is 4.91. The van der Waals surface area contributed by atoms with E-state index in [1.807, 2.05) is 55.2 Å². The first-order chi connectivity index (χ1) is 12.8. The maximum absolute atomic E-state index is 13.5. The largest absolute Gasteiger partial charge is 0.467 e. The van der Waals surface area contributed by atoms with Gasteiger partial charge >= 0.3 is 12.0 Å². The number of hydrogen-bond donors (Lipinski definition) is 0.